The molecule has 1 unspecified atom stereocenters. The van der Waals surface area contributed by atoms with Gasteiger partial charge in [-0.15, -0.1) is 0 Å². The largest absolute Gasteiger partial charge is 0.343 e. The van der Waals surface area contributed by atoms with Crippen molar-refractivity contribution in [3.8, 4) is 0 Å². The fourth-order valence-electron chi connectivity index (χ4n) is 4.51. The van der Waals surface area contributed by atoms with Gasteiger partial charge in [-0.2, -0.15) is 0 Å². The van der Waals surface area contributed by atoms with Crippen LogP contribution in [-0.4, -0.2) is 15.5 Å². The van der Waals surface area contributed by atoms with E-state index in [4.69, 9.17) is 4.98 Å². The van der Waals surface area contributed by atoms with E-state index in [1.807, 2.05) is 49.4 Å². The van der Waals surface area contributed by atoms with Crippen molar-refractivity contribution in [1.29, 1.82) is 0 Å². The molecule has 0 spiro atoms. The van der Waals surface area contributed by atoms with E-state index in [2.05, 4.69) is 28.1 Å². The Morgan fingerprint density at radius 2 is 1.83 bits per heavy atom. The number of para-hydroxylation sites is 2. The monoisotopic (exact) mass is 401 g/mol. The van der Waals surface area contributed by atoms with Crippen molar-refractivity contribution in [3.05, 3.63) is 72.1 Å². The quantitative estimate of drug-likeness (QED) is 0.501. The number of benzene rings is 2. The molecular formula is C26H31N3O. The number of hydrogen-bond acceptors (Lipinski definition) is 2. The van der Waals surface area contributed by atoms with Crippen LogP contribution in [0.4, 0.5) is 0 Å². The molecule has 1 aromatic heterocycles. The van der Waals surface area contributed by atoms with Gasteiger partial charge in [-0.3, -0.25) is 4.79 Å². The van der Waals surface area contributed by atoms with Gasteiger partial charge in [0.2, 0.25) is 5.91 Å². The van der Waals surface area contributed by atoms with Crippen molar-refractivity contribution in [2.45, 2.75) is 58.0 Å². The summed E-state index contributed by atoms with van der Waals surface area (Å²) in [4.78, 5) is 17.4. The topological polar surface area (TPSA) is 46.9 Å². The lowest BCUT2D eigenvalue weighted by molar-refractivity contribution is -0.117. The van der Waals surface area contributed by atoms with E-state index in [0.29, 0.717) is 0 Å². The van der Waals surface area contributed by atoms with E-state index in [0.717, 1.165) is 34.9 Å². The highest BCUT2D eigenvalue weighted by molar-refractivity contribution is 5.92. The van der Waals surface area contributed by atoms with E-state index >= 15 is 0 Å². The van der Waals surface area contributed by atoms with Gasteiger partial charge in [-0.05, 0) is 43.0 Å². The Labute approximate surface area is 179 Å². The summed E-state index contributed by atoms with van der Waals surface area (Å²) < 4.78 is 2.32. The molecule has 0 bridgehead atoms. The number of amides is 1. The highest BCUT2D eigenvalue weighted by Crippen LogP contribution is 2.28. The highest BCUT2D eigenvalue weighted by Gasteiger charge is 2.19. The first kappa shape index (κ1) is 20.4. The summed E-state index contributed by atoms with van der Waals surface area (Å²) in [5, 5.41) is 3.10. The minimum Gasteiger partial charge on any atom is -0.343 e. The molecule has 156 valence electrons. The highest BCUT2D eigenvalue weighted by atomic mass is 16.1. The number of aromatic nitrogens is 2. The second-order valence-electron chi connectivity index (χ2n) is 8.38. The van der Waals surface area contributed by atoms with E-state index in [1.54, 1.807) is 6.08 Å². The molecule has 1 heterocycles. The molecule has 0 radical (unpaired) electrons. The number of nitrogens with one attached hydrogen (secondary N) is 1. The number of hydrogen-bond donors (Lipinski definition) is 1. The molecule has 1 atom stereocenters. The van der Waals surface area contributed by atoms with Gasteiger partial charge >= 0.3 is 0 Å². The van der Waals surface area contributed by atoms with Crippen molar-refractivity contribution in [3.63, 3.8) is 0 Å². The first-order valence-electron chi connectivity index (χ1n) is 11.2. The fraction of sp³-hybridized carbons (Fsp3) is 0.385. The van der Waals surface area contributed by atoms with Crippen molar-refractivity contribution in [1.82, 2.24) is 14.9 Å². The third kappa shape index (κ3) is 4.99. The van der Waals surface area contributed by atoms with Crippen LogP contribution >= 0.6 is 0 Å². The predicted octanol–water partition coefficient (Wildman–Crippen LogP) is 5.90. The van der Waals surface area contributed by atoms with Gasteiger partial charge in [0.25, 0.3) is 0 Å². The van der Waals surface area contributed by atoms with Gasteiger partial charge in [0, 0.05) is 12.6 Å². The van der Waals surface area contributed by atoms with E-state index in [9.17, 15) is 4.79 Å². The molecule has 4 heteroatoms. The first-order valence-corrected chi connectivity index (χ1v) is 11.2. The lowest BCUT2D eigenvalue weighted by atomic mass is 9.87. The first-order chi connectivity index (χ1) is 14.7. The molecule has 0 aliphatic heterocycles. The minimum absolute atomic E-state index is 0.0998. The molecular weight excluding hydrogens is 370 g/mol. The molecule has 1 saturated carbocycles. The van der Waals surface area contributed by atoms with E-state index in [1.165, 1.54) is 38.5 Å². The zero-order chi connectivity index (χ0) is 20.8. The van der Waals surface area contributed by atoms with Crippen molar-refractivity contribution in [2.75, 3.05) is 0 Å². The molecule has 30 heavy (non-hydrogen) atoms. The zero-order valence-corrected chi connectivity index (χ0v) is 17.8. The smallest absolute Gasteiger partial charge is 0.244 e. The van der Waals surface area contributed by atoms with Gasteiger partial charge < -0.3 is 9.88 Å². The molecule has 4 rings (SSSR count). The Balaban J connectivity index is 1.49. The average Bonchev–Trinajstić information content (AvgIpc) is 3.16. The molecule has 0 saturated heterocycles. The number of aryl methyl sites for hydroxylation is 1. The molecule has 1 fully saturated rings. The minimum atomic E-state index is -0.156. The second kappa shape index (κ2) is 9.75. The maximum Gasteiger partial charge on any atom is 0.244 e. The van der Waals surface area contributed by atoms with Crippen LogP contribution in [0.5, 0.6) is 0 Å². The predicted molar refractivity (Wildman–Crippen MR) is 123 cm³/mol. The molecule has 3 aromatic rings. The van der Waals surface area contributed by atoms with Crippen molar-refractivity contribution >= 4 is 23.0 Å². The Kier molecular flexibility index (Phi) is 6.63. The van der Waals surface area contributed by atoms with E-state index < -0.39 is 0 Å². The zero-order valence-electron chi connectivity index (χ0n) is 17.8. The SMILES string of the molecule is CC(NC(=O)/C=C\c1ccccc1)c1nc2ccccc2n1CCC1CCCCC1. The average molecular weight is 402 g/mol. The maximum atomic E-state index is 12.5. The Hall–Kier alpha value is -2.88. The van der Waals surface area contributed by atoms with Crippen LogP contribution in [0.1, 0.15) is 62.9 Å². The van der Waals surface area contributed by atoms with Gasteiger partial charge in [-0.1, -0.05) is 74.6 Å². The fourth-order valence-corrected chi connectivity index (χ4v) is 4.51. The van der Waals surface area contributed by atoms with Crippen molar-refractivity contribution < 1.29 is 4.79 Å². The third-order valence-electron chi connectivity index (χ3n) is 6.14. The lowest BCUT2D eigenvalue weighted by Crippen LogP contribution is -2.27. The molecule has 1 aliphatic carbocycles. The number of rotatable bonds is 7. The summed E-state index contributed by atoms with van der Waals surface area (Å²) >= 11 is 0. The lowest BCUT2D eigenvalue weighted by Gasteiger charge is -2.23. The summed E-state index contributed by atoms with van der Waals surface area (Å²) in [6.45, 7) is 2.98. The maximum absolute atomic E-state index is 12.5. The number of carbonyl (C=O) groups is 1. The van der Waals surface area contributed by atoms with Crippen LogP contribution in [0.15, 0.2) is 60.7 Å². The van der Waals surface area contributed by atoms with Gasteiger partial charge in [0.1, 0.15) is 5.82 Å². The van der Waals surface area contributed by atoms with Crippen molar-refractivity contribution in [2.24, 2.45) is 5.92 Å². The molecule has 1 aliphatic rings. The normalized spacial score (nSPS) is 16.2. The molecule has 1 N–H and O–H groups in total. The van der Waals surface area contributed by atoms with E-state index in [-0.39, 0.29) is 11.9 Å². The Bertz CT molecular complexity index is 1000. The van der Waals surface area contributed by atoms with Gasteiger partial charge in [0.05, 0.1) is 17.1 Å². The molecule has 1 amide bonds. The second-order valence-corrected chi connectivity index (χ2v) is 8.38. The summed E-state index contributed by atoms with van der Waals surface area (Å²) in [7, 11) is 0. The number of fused-ring (bicyclic) bond motifs is 1. The number of imidazole rings is 1. The molecule has 2 aromatic carbocycles. The van der Waals surface area contributed by atoms with Crippen LogP contribution in [0.25, 0.3) is 17.1 Å². The van der Waals surface area contributed by atoms with Crippen LogP contribution in [-0.2, 0) is 11.3 Å². The van der Waals surface area contributed by atoms with Crippen LogP contribution < -0.4 is 5.32 Å². The van der Waals surface area contributed by atoms with Crippen LogP contribution in [0.3, 0.4) is 0 Å². The third-order valence-corrected chi connectivity index (χ3v) is 6.14. The summed E-state index contributed by atoms with van der Waals surface area (Å²) in [6, 6.07) is 18.0. The summed E-state index contributed by atoms with van der Waals surface area (Å²) in [5.74, 6) is 1.65. The van der Waals surface area contributed by atoms with Gasteiger partial charge in [-0.25, -0.2) is 4.98 Å². The van der Waals surface area contributed by atoms with Crippen LogP contribution in [0, 0.1) is 5.92 Å². The van der Waals surface area contributed by atoms with Crippen LogP contribution in [0.2, 0.25) is 0 Å². The van der Waals surface area contributed by atoms with Gasteiger partial charge in [0.15, 0.2) is 0 Å². The number of nitrogens with zero attached hydrogens (tertiary/aromatic N) is 2. The molecule has 4 nitrogen and oxygen atoms in total. The summed E-state index contributed by atoms with van der Waals surface area (Å²) in [6.07, 6.45) is 11.4. The Morgan fingerprint density at radius 1 is 1.10 bits per heavy atom. The standard InChI is InChI=1S/C26H31N3O/c1-20(27-25(30)17-16-21-10-4-2-5-11-21)26-28-23-14-8-9-15-24(23)29(26)19-18-22-12-6-3-7-13-22/h2,4-5,8-11,14-17,20,22H,3,6-7,12-13,18-19H2,1H3,(H,27,30)/b17-16-. The Morgan fingerprint density at radius 3 is 2.63 bits per heavy atom. The summed E-state index contributed by atoms with van der Waals surface area (Å²) in [5.41, 5.74) is 3.17. The number of carbonyl (C=O) groups excluding carboxylic acids is 1.